The zero-order chi connectivity index (χ0) is 17.9. The van der Waals surface area contributed by atoms with Gasteiger partial charge in [0.2, 0.25) is 15.9 Å². The van der Waals surface area contributed by atoms with Crippen LogP contribution in [0, 0.1) is 13.8 Å². The second-order valence-electron chi connectivity index (χ2n) is 5.45. The van der Waals surface area contributed by atoms with E-state index in [1.165, 1.54) is 20.8 Å². The highest BCUT2D eigenvalue weighted by atomic mass is 32.2. The van der Waals surface area contributed by atoms with E-state index in [4.69, 9.17) is 9.63 Å². The highest BCUT2D eigenvalue weighted by molar-refractivity contribution is 7.89. The Labute approximate surface area is 134 Å². The summed E-state index contributed by atoms with van der Waals surface area (Å²) in [4.78, 5) is 24.2. The van der Waals surface area contributed by atoms with Crippen molar-refractivity contribution in [3.8, 4) is 0 Å². The molecule has 10 heteroatoms. The van der Waals surface area contributed by atoms with Crippen LogP contribution in [0.15, 0.2) is 9.42 Å². The molecule has 0 fully saturated rings. The molecule has 1 amide bonds. The molecule has 0 spiro atoms. The van der Waals surface area contributed by atoms with Crippen LogP contribution in [-0.2, 0) is 19.6 Å². The highest BCUT2D eigenvalue weighted by Crippen LogP contribution is 2.19. The van der Waals surface area contributed by atoms with Crippen LogP contribution in [0.5, 0.6) is 0 Å². The average molecular weight is 347 g/mol. The van der Waals surface area contributed by atoms with Crippen molar-refractivity contribution in [2.75, 3.05) is 6.54 Å². The Morgan fingerprint density at radius 3 is 2.26 bits per heavy atom. The van der Waals surface area contributed by atoms with Crippen LogP contribution in [0.2, 0.25) is 0 Å². The van der Waals surface area contributed by atoms with Gasteiger partial charge in [-0.2, -0.15) is 4.72 Å². The molecule has 0 aromatic carbocycles. The highest BCUT2D eigenvalue weighted by Gasteiger charge is 2.31. The Morgan fingerprint density at radius 2 is 1.87 bits per heavy atom. The Kier molecular flexibility index (Phi) is 5.89. The van der Waals surface area contributed by atoms with Crippen molar-refractivity contribution in [2.45, 2.75) is 51.6 Å². The molecule has 1 heterocycles. The maximum absolute atomic E-state index is 12.4. The van der Waals surface area contributed by atoms with Gasteiger partial charge in [0.05, 0.1) is 6.04 Å². The van der Waals surface area contributed by atoms with E-state index < -0.39 is 34.5 Å². The maximum atomic E-state index is 12.4. The van der Waals surface area contributed by atoms with Gasteiger partial charge in [0.1, 0.15) is 17.1 Å². The first-order valence-corrected chi connectivity index (χ1v) is 8.43. The van der Waals surface area contributed by atoms with Crippen LogP contribution >= 0.6 is 0 Å². The molecule has 1 aromatic heterocycles. The number of carbonyl (C=O) groups excluding carboxylic acids is 1. The zero-order valence-corrected chi connectivity index (χ0v) is 14.5. The fourth-order valence-corrected chi connectivity index (χ4v) is 3.64. The predicted octanol–water partition coefficient (Wildman–Crippen LogP) is 0.280. The molecule has 0 aliphatic heterocycles. The fraction of sp³-hybridized carbons (Fsp3) is 0.615. The number of nitrogens with zero attached hydrogens (tertiary/aromatic N) is 2. The number of amides is 1. The third kappa shape index (κ3) is 4.52. The van der Waals surface area contributed by atoms with Gasteiger partial charge in [0, 0.05) is 6.04 Å². The van der Waals surface area contributed by atoms with Gasteiger partial charge in [-0.15, -0.1) is 0 Å². The topological polar surface area (TPSA) is 130 Å². The monoisotopic (exact) mass is 347 g/mol. The third-order valence-electron chi connectivity index (χ3n) is 3.15. The number of hydrogen-bond acceptors (Lipinski definition) is 6. The van der Waals surface area contributed by atoms with Gasteiger partial charge >= 0.3 is 5.97 Å². The van der Waals surface area contributed by atoms with Crippen LogP contribution < -0.4 is 4.72 Å². The number of aromatic nitrogens is 1. The van der Waals surface area contributed by atoms with E-state index in [-0.39, 0.29) is 22.4 Å². The first-order valence-electron chi connectivity index (χ1n) is 6.94. The van der Waals surface area contributed by atoms with Crippen molar-refractivity contribution in [1.82, 2.24) is 14.8 Å². The summed E-state index contributed by atoms with van der Waals surface area (Å²) in [6.07, 6.45) is 0. The summed E-state index contributed by atoms with van der Waals surface area (Å²) in [6, 6.07) is -1.51. The van der Waals surface area contributed by atoms with Crippen LogP contribution in [0.1, 0.15) is 32.2 Å². The molecule has 1 atom stereocenters. The van der Waals surface area contributed by atoms with Crippen LogP contribution in [0.25, 0.3) is 0 Å². The van der Waals surface area contributed by atoms with Crippen molar-refractivity contribution in [2.24, 2.45) is 0 Å². The van der Waals surface area contributed by atoms with Gasteiger partial charge in [-0.1, -0.05) is 5.16 Å². The molecule has 1 rings (SSSR count). The molecule has 2 N–H and O–H groups in total. The quantitative estimate of drug-likeness (QED) is 0.724. The van der Waals surface area contributed by atoms with Gasteiger partial charge < -0.3 is 14.5 Å². The number of aliphatic carboxylic acids is 1. The summed E-state index contributed by atoms with van der Waals surface area (Å²) in [5.41, 5.74) is 0.181. The van der Waals surface area contributed by atoms with E-state index in [1.54, 1.807) is 13.8 Å². The molecule has 0 radical (unpaired) electrons. The Balaban J connectivity index is 2.99. The first-order chi connectivity index (χ1) is 10.5. The minimum Gasteiger partial charge on any atom is -0.480 e. The number of carbonyl (C=O) groups is 2. The molecule has 0 bridgehead atoms. The predicted molar refractivity (Wildman–Crippen MR) is 80.2 cm³/mol. The summed E-state index contributed by atoms with van der Waals surface area (Å²) in [7, 11) is -4.01. The van der Waals surface area contributed by atoms with E-state index in [1.807, 2.05) is 0 Å². The molecule has 0 saturated heterocycles. The third-order valence-corrected chi connectivity index (χ3v) is 4.94. The minimum atomic E-state index is -4.01. The molecule has 130 valence electrons. The Morgan fingerprint density at radius 1 is 1.30 bits per heavy atom. The van der Waals surface area contributed by atoms with Gasteiger partial charge in [0.15, 0.2) is 5.76 Å². The molecule has 0 aliphatic rings. The fourth-order valence-electron chi connectivity index (χ4n) is 2.11. The standard InChI is InChI=1S/C13H21N3O6S/c1-7(2)16(6-11(17)18)13(19)9(4)15-23(20,21)12-8(3)14-22-10(12)5/h7,9,15H,6H2,1-5H3,(H,17,18). The molecule has 9 nitrogen and oxygen atoms in total. The summed E-state index contributed by atoms with van der Waals surface area (Å²) in [6.45, 7) is 7.07. The maximum Gasteiger partial charge on any atom is 0.323 e. The van der Waals surface area contributed by atoms with Crippen molar-refractivity contribution in [3.05, 3.63) is 11.5 Å². The summed E-state index contributed by atoms with van der Waals surface area (Å²) in [5, 5.41) is 12.4. The van der Waals surface area contributed by atoms with Crippen molar-refractivity contribution >= 4 is 21.9 Å². The number of carboxylic acid groups (broad SMARTS) is 1. The van der Waals surface area contributed by atoms with Gasteiger partial charge in [-0.05, 0) is 34.6 Å². The summed E-state index contributed by atoms with van der Waals surface area (Å²) >= 11 is 0. The lowest BCUT2D eigenvalue weighted by Gasteiger charge is -2.28. The van der Waals surface area contributed by atoms with Gasteiger partial charge in [-0.3, -0.25) is 9.59 Å². The number of sulfonamides is 1. The van der Waals surface area contributed by atoms with Crippen molar-refractivity contribution < 1.29 is 27.6 Å². The Bertz CT molecular complexity index is 675. The van der Waals surface area contributed by atoms with Crippen LogP contribution in [0.4, 0.5) is 0 Å². The lowest BCUT2D eigenvalue weighted by Crippen LogP contribution is -2.50. The lowest BCUT2D eigenvalue weighted by molar-refractivity contribution is -0.146. The molecular weight excluding hydrogens is 326 g/mol. The van der Waals surface area contributed by atoms with E-state index in [2.05, 4.69) is 9.88 Å². The number of rotatable bonds is 7. The lowest BCUT2D eigenvalue weighted by atomic mass is 10.2. The largest absolute Gasteiger partial charge is 0.480 e. The van der Waals surface area contributed by atoms with E-state index in [9.17, 15) is 18.0 Å². The van der Waals surface area contributed by atoms with E-state index >= 15 is 0 Å². The number of carboxylic acids is 1. The number of aryl methyl sites for hydroxylation is 2. The van der Waals surface area contributed by atoms with Crippen LogP contribution in [-0.4, -0.2) is 54.1 Å². The van der Waals surface area contributed by atoms with Crippen molar-refractivity contribution in [1.29, 1.82) is 0 Å². The van der Waals surface area contributed by atoms with Gasteiger partial charge in [-0.25, -0.2) is 8.42 Å². The smallest absolute Gasteiger partial charge is 0.323 e. The van der Waals surface area contributed by atoms with Crippen LogP contribution in [0.3, 0.4) is 0 Å². The van der Waals surface area contributed by atoms with Gasteiger partial charge in [0.25, 0.3) is 0 Å². The molecule has 0 aliphatic carbocycles. The molecule has 23 heavy (non-hydrogen) atoms. The molecule has 0 saturated carbocycles. The SMILES string of the molecule is Cc1noc(C)c1S(=O)(=O)NC(C)C(=O)N(CC(=O)O)C(C)C. The normalized spacial score (nSPS) is 13.1. The molecule has 1 aromatic rings. The van der Waals surface area contributed by atoms with Crippen molar-refractivity contribution in [3.63, 3.8) is 0 Å². The Hall–Kier alpha value is -1.94. The molecule has 1 unspecified atom stereocenters. The van der Waals surface area contributed by atoms with E-state index in [0.717, 1.165) is 4.90 Å². The number of nitrogens with one attached hydrogen (secondary N) is 1. The summed E-state index contributed by atoms with van der Waals surface area (Å²) in [5.74, 6) is -1.69. The first kappa shape index (κ1) is 19.1. The number of hydrogen-bond donors (Lipinski definition) is 2. The minimum absolute atomic E-state index is 0.112. The second-order valence-corrected chi connectivity index (χ2v) is 7.10. The second kappa shape index (κ2) is 7.09. The summed E-state index contributed by atoms with van der Waals surface area (Å²) < 4.78 is 31.8. The van der Waals surface area contributed by atoms with E-state index in [0.29, 0.717) is 0 Å². The average Bonchev–Trinajstić information content (AvgIpc) is 2.74. The molecular formula is C13H21N3O6S. The zero-order valence-electron chi connectivity index (χ0n) is 13.7.